The fraction of sp³-hybridized carbons (Fsp3) is 0.545. The Morgan fingerprint density at radius 3 is 3.27 bits per heavy atom. The van der Waals surface area contributed by atoms with Crippen LogP contribution in [0.25, 0.3) is 0 Å². The van der Waals surface area contributed by atoms with Crippen LogP contribution in [-0.4, -0.2) is 34.0 Å². The molecule has 4 heteroatoms. The summed E-state index contributed by atoms with van der Waals surface area (Å²) >= 11 is 2.03. The monoisotopic (exact) mass is 223 g/mol. The highest BCUT2D eigenvalue weighted by Crippen LogP contribution is 2.19. The number of anilines is 1. The lowest BCUT2D eigenvalue weighted by Gasteiger charge is -2.32. The summed E-state index contributed by atoms with van der Waals surface area (Å²) in [6, 6.07) is 4.44. The van der Waals surface area contributed by atoms with Gasteiger partial charge < -0.3 is 5.73 Å². The SMILES string of the molecule is CC1CSCCN1Cc1ncccc1N. The Balaban J connectivity index is 2.04. The Hall–Kier alpha value is -0.740. The van der Waals surface area contributed by atoms with Crippen LogP contribution in [-0.2, 0) is 6.54 Å². The molecule has 0 saturated carbocycles. The number of thioether (sulfide) groups is 1. The van der Waals surface area contributed by atoms with Gasteiger partial charge >= 0.3 is 0 Å². The maximum absolute atomic E-state index is 5.89. The van der Waals surface area contributed by atoms with Gasteiger partial charge in [0.05, 0.1) is 11.4 Å². The molecule has 0 aromatic carbocycles. The fourth-order valence-electron chi connectivity index (χ4n) is 1.77. The van der Waals surface area contributed by atoms with Crippen molar-refractivity contribution in [3.8, 4) is 0 Å². The van der Waals surface area contributed by atoms with Crippen LogP contribution in [0.2, 0.25) is 0 Å². The Kier molecular flexibility index (Phi) is 3.49. The molecule has 1 fully saturated rings. The van der Waals surface area contributed by atoms with E-state index in [0.717, 1.165) is 24.5 Å². The van der Waals surface area contributed by atoms with Crippen LogP contribution in [0, 0.1) is 0 Å². The van der Waals surface area contributed by atoms with E-state index in [0.29, 0.717) is 6.04 Å². The van der Waals surface area contributed by atoms with Crippen molar-refractivity contribution in [2.45, 2.75) is 19.5 Å². The van der Waals surface area contributed by atoms with Gasteiger partial charge in [-0.1, -0.05) is 0 Å². The predicted molar refractivity (Wildman–Crippen MR) is 65.8 cm³/mol. The average Bonchev–Trinajstić information content (AvgIpc) is 2.24. The largest absolute Gasteiger partial charge is 0.397 e. The number of rotatable bonds is 2. The van der Waals surface area contributed by atoms with Crippen LogP contribution in [0.3, 0.4) is 0 Å². The second-order valence-corrected chi connectivity index (χ2v) is 5.08. The first-order chi connectivity index (χ1) is 7.27. The van der Waals surface area contributed by atoms with Gasteiger partial charge in [-0.25, -0.2) is 0 Å². The molecule has 82 valence electrons. The zero-order valence-corrected chi connectivity index (χ0v) is 9.83. The summed E-state index contributed by atoms with van der Waals surface area (Å²) in [6.45, 7) is 4.29. The van der Waals surface area contributed by atoms with E-state index >= 15 is 0 Å². The van der Waals surface area contributed by atoms with Gasteiger partial charge in [-0.2, -0.15) is 11.8 Å². The molecule has 2 heterocycles. The van der Waals surface area contributed by atoms with Crippen LogP contribution >= 0.6 is 11.8 Å². The van der Waals surface area contributed by atoms with E-state index in [-0.39, 0.29) is 0 Å². The van der Waals surface area contributed by atoms with Crippen molar-refractivity contribution in [2.75, 3.05) is 23.8 Å². The highest BCUT2D eigenvalue weighted by Gasteiger charge is 2.19. The highest BCUT2D eigenvalue weighted by molar-refractivity contribution is 7.99. The molecule has 1 aliphatic rings. The van der Waals surface area contributed by atoms with Gasteiger partial charge in [-0.3, -0.25) is 9.88 Å². The minimum atomic E-state index is 0.630. The zero-order valence-electron chi connectivity index (χ0n) is 9.02. The number of nitrogens with two attached hydrogens (primary N) is 1. The summed E-state index contributed by atoms with van der Waals surface area (Å²) in [6.07, 6.45) is 1.81. The summed E-state index contributed by atoms with van der Waals surface area (Å²) in [5.74, 6) is 2.43. The topological polar surface area (TPSA) is 42.2 Å². The highest BCUT2D eigenvalue weighted by atomic mass is 32.2. The normalized spacial score (nSPS) is 22.9. The Labute approximate surface area is 95.1 Å². The first-order valence-electron chi connectivity index (χ1n) is 5.28. The molecule has 0 radical (unpaired) electrons. The molecule has 1 aliphatic heterocycles. The van der Waals surface area contributed by atoms with Gasteiger partial charge in [0.1, 0.15) is 0 Å². The van der Waals surface area contributed by atoms with Gasteiger partial charge in [-0.15, -0.1) is 0 Å². The smallest absolute Gasteiger partial charge is 0.0772 e. The van der Waals surface area contributed by atoms with E-state index in [1.54, 1.807) is 0 Å². The molecule has 1 aromatic heterocycles. The number of hydrogen-bond donors (Lipinski definition) is 1. The molecular formula is C11H17N3S. The van der Waals surface area contributed by atoms with Crippen molar-refractivity contribution in [1.82, 2.24) is 9.88 Å². The maximum atomic E-state index is 5.89. The van der Waals surface area contributed by atoms with Crippen molar-refractivity contribution < 1.29 is 0 Å². The standard InChI is InChI=1S/C11H17N3S/c1-9-8-15-6-5-14(9)7-11-10(12)3-2-4-13-11/h2-4,9H,5-8,12H2,1H3. The summed E-state index contributed by atoms with van der Waals surface area (Å²) in [5, 5.41) is 0. The fourth-order valence-corrected chi connectivity index (χ4v) is 2.85. The molecule has 0 bridgehead atoms. The first-order valence-corrected chi connectivity index (χ1v) is 6.44. The minimum absolute atomic E-state index is 0.630. The number of nitrogens with zero attached hydrogens (tertiary/aromatic N) is 2. The Morgan fingerprint density at radius 1 is 1.67 bits per heavy atom. The first kappa shape index (κ1) is 10.8. The van der Waals surface area contributed by atoms with Crippen LogP contribution in [0.5, 0.6) is 0 Å². The van der Waals surface area contributed by atoms with Crippen molar-refractivity contribution in [1.29, 1.82) is 0 Å². The van der Waals surface area contributed by atoms with E-state index in [9.17, 15) is 0 Å². The molecule has 3 nitrogen and oxygen atoms in total. The zero-order chi connectivity index (χ0) is 10.7. The number of aromatic nitrogens is 1. The lowest BCUT2D eigenvalue weighted by molar-refractivity contribution is 0.222. The van der Waals surface area contributed by atoms with E-state index < -0.39 is 0 Å². The Morgan fingerprint density at radius 2 is 2.53 bits per heavy atom. The van der Waals surface area contributed by atoms with Gasteiger partial charge in [-0.05, 0) is 19.1 Å². The van der Waals surface area contributed by atoms with E-state index in [1.165, 1.54) is 11.5 Å². The van der Waals surface area contributed by atoms with Crippen molar-refractivity contribution in [3.63, 3.8) is 0 Å². The van der Waals surface area contributed by atoms with Gasteiger partial charge in [0.25, 0.3) is 0 Å². The minimum Gasteiger partial charge on any atom is -0.397 e. The van der Waals surface area contributed by atoms with Gasteiger partial charge in [0.2, 0.25) is 0 Å². The molecule has 1 atom stereocenters. The molecule has 2 N–H and O–H groups in total. The van der Waals surface area contributed by atoms with Crippen molar-refractivity contribution in [2.24, 2.45) is 0 Å². The maximum Gasteiger partial charge on any atom is 0.0772 e. The average molecular weight is 223 g/mol. The number of nitrogen functional groups attached to an aromatic ring is 1. The quantitative estimate of drug-likeness (QED) is 0.827. The summed E-state index contributed by atoms with van der Waals surface area (Å²) in [5.41, 5.74) is 7.71. The number of pyridine rings is 1. The molecule has 0 aliphatic carbocycles. The summed E-state index contributed by atoms with van der Waals surface area (Å²) < 4.78 is 0. The van der Waals surface area contributed by atoms with E-state index in [4.69, 9.17) is 5.73 Å². The molecular weight excluding hydrogens is 206 g/mol. The molecule has 1 saturated heterocycles. The second-order valence-electron chi connectivity index (χ2n) is 3.93. The summed E-state index contributed by atoms with van der Waals surface area (Å²) in [4.78, 5) is 6.79. The summed E-state index contributed by atoms with van der Waals surface area (Å²) in [7, 11) is 0. The molecule has 1 unspecified atom stereocenters. The third-order valence-electron chi connectivity index (χ3n) is 2.78. The molecule has 0 amide bonds. The van der Waals surface area contributed by atoms with E-state index in [1.807, 2.05) is 30.1 Å². The van der Waals surface area contributed by atoms with Crippen molar-refractivity contribution in [3.05, 3.63) is 24.0 Å². The van der Waals surface area contributed by atoms with Crippen molar-refractivity contribution >= 4 is 17.4 Å². The molecule has 15 heavy (non-hydrogen) atoms. The second kappa shape index (κ2) is 4.86. The third kappa shape index (κ3) is 2.63. The van der Waals surface area contributed by atoms with Crippen LogP contribution in [0.4, 0.5) is 5.69 Å². The molecule has 1 aromatic rings. The lowest BCUT2D eigenvalue weighted by Crippen LogP contribution is -2.40. The number of hydrogen-bond acceptors (Lipinski definition) is 4. The molecule has 0 spiro atoms. The predicted octanol–water partition coefficient (Wildman–Crippen LogP) is 1.60. The molecule has 2 rings (SSSR count). The third-order valence-corrected chi connectivity index (χ3v) is 3.97. The van der Waals surface area contributed by atoms with Gasteiger partial charge in [0, 0.05) is 36.8 Å². The van der Waals surface area contributed by atoms with Crippen LogP contribution < -0.4 is 5.73 Å². The Bertz CT molecular complexity index is 329. The van der Waals surface area contributed by atoms with Crippen LogP contribution in [0.1, 0.15) is 12.6 Å². The lowest BCUT2D eigenvalue weighted by atomic mass is 10.2. The van der Waals surface area contributed by atoms with Gasteiger partial charge in [0.15, 0.2) is 0 Å². The van der Waals surface area contributed by atoms with Crippen LogP contribution in [0.15, 0.2) is 18.3 Å². The van der Waals surface area contributed by atoms with E-state index in [2.05, 4.69) is 16.8 Å².